The molecule has 2 heterocycles. The van der Waals surface area contributed by atoms with Crippen molar-refractivity contribution >= 4 is 16.9 Å². The molecule has 1 aliphatic rings. The molecule has 27 heavy (non-hydrogen) atoms. The van der Waals surface area contributed by atoms with Gasteiger partial charge in [-0.2, -0.15) is 0 Å². The number of nitrogens with one attached hydrogen (secondary N) is 2. The third kappa shape index (κ3) is 4.19. The van der Waals surface area contributed by atoms with E-state index in [-0.39, 0.29) is 17.9 Å². The van der Waals surface area contributed by atoms with Crippen molar-refractivity contribution in [2.75, 3.05) is 13.1 Å². The van der Waals surface area contributed by atoms with Crippen molar-refractivity contribution in [3.8, 4) is 0 Å². The van der Waals surface area contributed by atoms with E-state index in [1.54, 1.807) is 0 Å². The fourth-order valence-corrected chi connectivity index (χ4v) is 3.80. The fraction of sp³-hybridized carbons (Fsp3) is 0.364. The molecule has 2 aromatic carbocycles. The Hall–Kier alpha value is -2.66. The highest BCUT2D eigenvalue weighted by Crippen LogP contribution is 2.21. The van der Waals surface area contributed by atoms with E-state index in [0.717, 1.165) is 54.9 Å². The number of para-hydroxylation sites is 2. The molecular weight excluding hydrogens is 336 g/mol. The van der Waals surface area contributed by atoms with Gasteiger partial charge in [-0.3, -0.25) is 9.69 Å². The lowest BCUT2D eigenvalue weighted by atomic mass is 9.95. The highest BCUT2D eigenvalue weighted by atomic mass is 16.1. The normalized spacial score (nSPS) is 17.1. The van der Waals surface area contributed by atoms with Gasteiger partial charge < -0.3 is 10.3 Å². The van der Waals surface area contributed by atoms with Gasteiger partial charge in [-0.25, -0.2) is 4.98 Å². The van der Waals surface area contributed by atoms with Gasteiger partial charge in [0.1, 0.15) is 5.82 Å². The molecule has 0 spiro atoms. The van der Waals surface area contributed by atoms with Crippen molar-refractivity contribution in [2.24, 2.45) is 5.92 Å². The van der Waals surface area contributed by atoms with Gasteiger partial charge in [-0.05, 0) is 50.6 Å². The number of carbonyl (C=O) groups excluding carboxylic acids is 1. The second-order valence-electron chi connectivity index (χ2n) is 7.39. The first-order valence-electron chi connectivity index (χ1n) is 9.70. The molecule has 0 radical (unpaired) electrons. The minimum absolute atomic E-state index is 0.0484. The molecule has 0 saturated carbocycles. The predicted molar refractivity (Wildman–Crippen MR) is 107 cm³/mol. The number of amides is 1. The summed E-state index contributed by atoms with van der Waals surface area (Å²) in [5.41, 5.74) is 3.24. The van der Waals surface area contributed by atoms with Gasteiger partial charge in [0.15, 0.2) is 0 Å². The van der Waals surface area contributed by atoms with Crippen LogP contribution in [-0.2, 0) is 11.3 Å². The number of piperidine rings is 1. The second kappa shape index (κ2) is 7.92. The zero-order valence-corrected chi connectivity index (χ0v) is 15.7. The molecule has 140 valence electrons. The molecule has 5 heteroatoms. The minimum atomic E-state index is 0.0484. The highest BCUT2D eigenvalue weighted by molar-refractivity contribution is 5.79. The molecule has 5 nitrogen and oxygen atoms in total. The van der Waals surface area contributed by atoms with Gasteiger partial charge in [0.05, 0.1) is 23.6 Å². The third-order valence-corrected chi connectivity index (χ3v) is 5.43. The number of benzene rings is 2. The lowest BCUT2D eigenvalue weighted by Crippen LogP contribution is -2.41. The number of hydrogen-bond acceptors (Lipinski definition) is 3. The Labute approximate surface area is 159 Å². The molecule has 1 aromatic heterocycles. The number of H-pyrrole nitrogens is 1. The van der Waals surface area contributed by atoms with E-state index in [0.29, 0.717) is 0 Å². The maximum atomic E-state index is 12.6. The summed E-state index contributed by atoms with van der Waals surface area (Å²) in [5, 5.41) is 3.17. The first-order chi connectivity index (χ1) is 13.2. The third-order valence-electron chi connectivity index (χ3n) is 5.43. The molecule has 1 unspecified atom stereocenters. The largest absolute Gasteiger partial charge is 0.349 e. The Morgan fingerprint density at radius 2 is 1.85 bits per heavy atom. The number of carbonyl (C=O) groups is 1. The Morgan fingerprint density at radius 1 is 1.15 bits per heavy atom. The van der Waals surface area contributed by atoms with Crippen LogP contribution in [0.25, 0.3) is 11.0 Å². The van der Waals surface area contributed by atoms with Crippen molar-refractivity contribution in [3.05, 3.63) is 66.0 Å². The van der Waals surface area contributed by atoms with Gasteiger partial charge >= 0.3 is 0 Å². The zero-order chi connectivity index (χ0) is 18.6. The van der Waals surface area contributed by atoms with E-state index >= 15 is 0 Å². The van der Waals surface area contributed by atoms with Crippen LogP contribution >= 0.6 is 0 Å². The molecular formula is C22H26N4O. The topological polar surface area (TPSA) is 61.0 Å². The van der Waals surface area contributed by atoms with Crippen LogP contribution in [0.1, 0.15) is 37.2 Å². The monoisotopic (exact) mass is 362 g/mol. The number of imidazole rings is 1. The number of hydrogen-bond donors (Lipinski definition) is 2. The first kappa shape index (κ1) is 17.7. The quantitative estimate of drug-likeness (QED) is 0.728. The van der Waals surface area contributed by atoms with Crippen LogP contribution in [0.3, 0.4) is 0 Å². The van der Waals surface area contributed by atoms with Crippen molar-refractivity contribution in [3.63, 3.8) is 0 Å². The number of likely N-dealkylation sites (tertiary alicyclic amines) is 1. The van der Waals surface area contributed by atoms with E-state index < -0.39 is 0 Å². The predicted octanol–water partition coefficient (Wildman–Crippen LogP) is 3.65. The van der Waals surface area contributed by atoms with Crippen LogP contribution in [0.4, 0.5) is 0 Å². The SMILES string of the molecule is CC(NC(=O)C1CCN(Cc2nc3ccccc3[nH]2)CC1)c1ccccc1. The van der Waals surface area contributed by atoms with E-state index in [4.69, 9.17) is 0 Å². The van der Waals surface area contributed by atoms with Crippen LogP contribution in [0.5, 0.6) is 0 Å². The Kier molecular flexibility index (Phi) is 5.21. The molecule has 1 amide bonds. The first-order valence-corrected chi connectivity index (χ1v) is 9.70. The molecule has 2 N–H and O–H groups in total. The van der Waals surface area contributed by atoms with E-state index in [2.05, 4.69) is 38.4 Å². The summed E-state index contributed by atoms with van der Waals surface area (Å²) in [7, 11) is 0. The number of rotatable bonds is 5. The van der Waals surface area contributed by atoms with Crippen LogP contribution in [0.15, 0.2) is 54.6 Å². The molecule has 1 fully saturated rings. The number of aromatic amines is 1. The smallest absolute Gasteiger partial charge is 0.223 e. The van der Waals surface area contributed by atoms with Crippen LogP contribution in [-0.4, -0.2) is 33.9 Å². The van der Waals surface area contributed by atoms with Gasteiger partial charge in [0.25, 0.3) is 0 Å². The van der Waals surface area contributed by atoms with Crippen molar-refractivity contribution in [1.82, 2.24) is 20.2 Å². The lowest BCUT2D eigenvalue weighted by Gasteiger charge is -2.31. The van der Waals surface area contributed by atoms with Crippen LogP contribution in [0.2, 0.25) is 0 Å². The summed E-state index contributed by atoms with van der Waals surface area (Å²) in [6, 6.07) is 18.3. The number of fused-ring (bicyclic) bond motifs is 1. The summed E-state index contributed by atoms with van der Waals surface area (Å²) >= 11 is 0. The Balaban J connectivity index is 1.28. The second-order valence-corrected chi connectivity index (χ2v) is 7.39. The van der Waals surface area contributed by atoms with Gasteiger partial charge in [-0.15, -0.1) is 0 Å². The van der Waals surface area contributed by atoms with E-state index in [9.17, 15) is 4.79 Å². The maximum absolute atomic E-state index is 12.6. The molecule has 1 saturated heterocycles. The molecule has 1 aliphatic heterocycles. The Morgan fingerprint density at radius 3 is 2.59 bits per heavy atom. The van der Waals surface area contributed by atoms with Crippen LogP contribution in [0, 0.1) is 5.92 Å². The summed E-state index contributed by atoms with van der Waals surface area (Å²) in [6.45, 7) is 4.71. The molecule has 4 rings (SSSR count). The number of aromatic nitrogens is 2. The van der Waals surface area contributed by atoms with E-state index in [1.165, 1.54) is 0 Å². The molecule has 1 atom stereocenters. The highest BCUT2D eigenvalue weighted by Gasteiger charge is 2.26. The lowest BCUT2D eigenvalue weighted by molar-refractivity contribution is -0.127. The summed E-state index contributed by atoms with van der Waals surface area (Å²) in [4.78, 5) is 23.0. The van der Waals surface area contributed by atoms with Gasteiger partial charge in [0.2, 0.25) is 5.91 Å². The van der Waals surface area contributed by atoms with Crippen molar-refractivity contribution in [1.29, 1.82) is 0 Å². The maximum Gasteiger partial charge on any atom is 0.223 e. The summed E-state index contributed by atoms with van der Waals surface area (Å²) in [6.07, 6.45) is 1.79. The van der Waals surface area contributed by atoms with Crippen molar-refractivity contribution < 1.29 is 4.79 Å². The standard InChI is InChI=1S/C22H26N4O/c1-16(17-7-3-2-4-8-17)23-22(27)18-11-13-26(14-12-18)15-21-24-19-9-5-6-10-20(19)25-21/h2-10,16,18H,11-15H2,1H3,(H,23,27)(H,24,25). The summed E-state index contributed by atoms with van der Waals surface area (Å²) < 4.78 is 0. The Bertz CT molecular complexity index is 864. The summed E-state index contributed by atoms with van der Waals surface area (Å²) in [5.74, 6) is 1.27. The zero-order valence-electron chi connectivity index (χ0n) is 15.7. The van der Waals surface area contributed by atoms with E-state index in [1.807, 2.05) is 43.3 Å². The molecule has 0 bridgehead atoms. The average molecular weight is 362 g/mol. The fourth-order valence-electron chi connectivity index (χ4n) is 3.80. The molecule has 0 aliphatic carbocycles. The minimum Gasteiger partial charge on any atom is -0.349 e. The molecule has 3 aromatic rings. The van der Waals surface area contributed by atoms with Crippen LogP contribution < -0.4 is 5.32 Å². The van der Waals surface area contributed by atoms with Gasteiger partial charge in [-0.1, -0.05) is 42.5 Å². The number of nitrogens with zero attached hydrogens (tertiary/aromatic N) is 2. The van der Waals surface area contributed by atoms with Gasteiger partial charge in [0, 0.05) is 5.92 Å². The van der Waals surface area contributed by atoms with Crippen molar-refractivity contribution in [2.45, 2.75) is 32.4 Å². The average Bonchev–Trinajstić information content (AvgIpc) is 3.11.